The third-order valence-corrected chi connectivity index (χ3v) is 5.45. The van der Waals surface area contributed by atoms with E-state index in [-0.39, 0.29) is 23.7 Å². The van der Waals surface area contributed by atoms with Crippen LogP contribution in [0.1, 0.15) is 37.6 Å². The van der Waals surface area contributed by atoms with Crippen molar-refractivity contribution in [3.63, 3.8) is 0 Å². The number of carbonyl (C=O) groups is 1. The minimum Gasteiger partial charge on any atom is -0.427 e. The van der Waals surface area contributed by atoms with Gasteiger partial charge in [-0.25, -0.2) is 4.98 Å². The number of hydrogen-bond acceptors (Lipinski definition) is 7. The molecule has 0 saturated carbocycles. The van der Waals surface area contributed by atoms with Crippen molar-refractivity contribution in [1.29, 1.82) is 0 Å². The first-order valence-corrected chi connectivity index (χ1v) is 10.4. The van der Waals surface area contributed by atoms with Gasteiger partial charge >= 0.3 is 5.97 Å². The quantitative estimate of drug-likeness (QED) is 0.606. The van der Waals surface area contributed by atoms with Crippen molar-refractivity contribution in [2.75, 3.05) is 24.5 Å². The molecule has 0 bridgehead atoms. The zero-order valence-corrected chi connectivity index (χ0v) is 17.7. The molecule has 0 radical (unpaired) electrons. The number of morpholine rings is 1. The van der Waals surface area contributed by atoms with Crippen LogP contribution in [0.4, 0.5) is 5.95 Å². The molecule has 0 amide bonds. The summed E-state index contributed by atoms with van der Waals surface area (Å²) in [5.74, 6) is 0.849. The van der Waals surface area contributed by atoms with Gasteiger partial charge in [0.1, 0.15) is 5.75 Å². The van der Waals surface area contributed by atoms with Gasteiger partial charge in [0, 0.05) is 45.2 Å². The Kier molecular flexibility index (Phi) is 5.87. The number of esters is 1. The second-order valence-electron chi connectivity index (χ2n) is 8.18. The first-order chi connectivity index (χ1) is 14.4. The fourth-order valence-electron chi connectivity index (χ4n) is 4.20. The van der Waals surface area contributed by atoms with Crippen molar-refractivity contribution in [1.82, 2.24) is 14.9 Å². The van der Waals surface area contributed by atoms with Gasteiger partial charge in [-0.2, -0.15) is 0 Å². The van der Waals surface area contributed by atoms with E-state index in [1.807, 2.05) is 26.0 Å². The molecule has 1 saturated heterocycles. The van der Waals surface area contributed by atoms with Crippen LogP contribution in [0.2, 0.25) is 0 Å². The van der Waals surface area contributed by atoms with Gasteiger partial charge in [-0.15, -0.1) is 0 Å². The molecule has 30 heavy (non-hydrogen) atoms. The number of nitrogens with zero attached hydrogens (tertiary/aromatic N) is 3. The molecule has 0 aliphatic carbocycles. The molecule has 8 heteroatoms. The molecule has 1 fully saturated rings. The Morgan fingerprint density at radius 2 is 1.93 bits per heavy atom. The predicted molar refractivity (Wildman–Crippen MR) is 113 cm³/mol. The highest BCUT2D eigenvalue weighted by molar-refractivity contribution is 5.69. The topological polar surface area (TPSA) is 87.8 Å². The van der Waals surface area contributed by atoms with Crippen LogP contribution < -0.4 is 15.2 Å². The lowest BCUT2D eigenvalue weighted by Gasteiger charge is -2.36. The minimum absolute atomic E-state index is 0.0350. The summed E-state index contributed by atoms with van der Waals surface area (Å²) in [5, 5.41) is 0. The summed E-state index contributed by atoms with van der Waals surface area (Å²) in [6.45, 7) is 9.06. The fourth-order valence-corrected chi connectivity index (χ4v) is 4.20. The van der Waals surface area contributed by atoms with E-state index in [9.17, 15) is 9.59 Å². The molecule has 1 aromatic carbocycles. The van der Waals surface area contributed by atoms with Crippen molar-refractivity contribution >= 4 is 11.9 Å². The summed E-state index contributed by atoms with van der Waals surface area (Å²) in [6, 6.07) is 7.52. The Labute approximate surface area is 175 Å². The number of fused-ring (bicyclic) bond motifs is 1. The van der Waals surface area contributed by atoms with Crippen LogP contribution in [-0.2, 0) is 29.0 Å². The highest BCUT2D eigenvalue weighted by Gasteiger charge is 2.27. The zero-order valence-electron chi connectivity index (χ0n) is 17.7. The normalized spacial score (nSPS) is 21.9. The highest BCUT2D eigenvalue weighted by Crippen LogP contribution is 2.21. The lowest BCUT2D eigenvalue weighted by atomic mass is 10.1. The third-order valence-electron chi connectivity index (χ3n) is 5.45. The van der Waals surface area contributed by atoms with Crippen molar-refractivity contribution in [3.8, 4) is 5.75 Å². The number of rotatable bonds is 4. The van der Waals surface area contributed by atoms with Gasteiger partial charge in [-0.05, 0) is 38.0 Å². The lowest BCUT2D eigenvalue weighted by Crippen LogP contribution is -2.47. The van der Waals surface area contributed by atoms with E-state index in [4.69, 9.17) is 14.5 Å². The molecule has 1 N–H and O–H groups in total. The van der Waals surface area contributed by atoms with E-state index in [0.717, 1.165) is 29.9 Å². The molecule has 1 aromatic heterocycles. The maximum Gasteiger partial charge on any atom is 0.308 e. The van der Waals surface area contributed by atoms with Crippen LogP contribution in [0, 0.1) is 0 Å². The summed E-state index contributed by atoms with van der Waals surface area (Å²) in [4.78, 5) is 35.9. The number of anilines is 1. The summed E-state index contributed by atoms with van der Waals surface area (Å²) in [7, 11) is 0. The zero-order chi connectivity index (χ0) is 21.3. The SMILES string of the molecule is CC(=O)Oc1ccc(CN2CCc3c(nc(N4CC(C)OC(C)C4)[nH]c3=O)C2)cc1. The van der Waals surface area contributed by atoms with Gasteiger partial charge in [-0.3, -0.25) is 19.5 Å². The third kappa shape index (κ3) is 4.71. The van der Waals surface area contributed by atoms with Crippen LogP contribution in [0.5, 0.6) is 5.75 Å². The van der Waals surface area contributed by atoms with Crippen molar-refractivity contribution < 1.29 is 14.3 Å². The van der Waals surface area contributed by atoms with Crippen LogP contribution in [0.3, 0.4) is 0 Å². The molecule has 4 rings (SSSR count). The maximum absolute atomic E-state index is 12.7. The van der Waals surface area contributed by atoms with E-state index in [2.05, 4.69) is 14.8 Å². The standard InChI is InChI=1S/C22H28N4O4/c1-14-10-26(11-15(2)29-14)22-23-20-13-25(9-8-19(20)21(28)24-22)12-17-4-6-18(7-5-17)30-16(3)27/h4-7,14-15H,8-13H2,1-3H3,(H,23,24,28). The molecular weight excluding hydrogens is 384 g/mol. The number of hydrogen-bond donors (Lipinski definition) is 1. The monoisotopic (exact) mass is 412 g/mol. The molecule has 2 atom stereocenters. The fraction of sp³-hybridized carbons (Fsp3) is 0.500. The molecule has 2 aliphatic heterocycles. The Hall–Kier alpha value is -2.71. The van der Waals surface area contributed by atoms with E-state index >= 15 is 0 Å². The Morgan fingerprint density at radius 3 is 2.60 bits per heavy atom. The van der Waals surface area contributed by atoms with Gasteiger partial charge in [0.05, 0.1) is 17.9 Å². The summed E-state index contributed by atoms with van der Waals surface area (Å²) >= 11 is 0. The molecule has 3 heterocycles. The number of aromatic amines is 1. The summed E-state index contributed by atoms with van der Waals surface area (Å²) < 4.78 is 10.9. The van der Waals surface area contributed by atoms with Crippen molar-refractivity contribution in [2.24, 2.45) is 0 Å². The molecule has 2 aliphatic rings. The van der Waals surface area contributed by atoms with E-state index in [0.29, 0.717) is 37.8 Å². The number of aromatic nitrogens is 2. The Bertz CT molecular complexity index is 962. The number of ether oxygens (including phenoxy) is 2. The Morgan fingerprint density at radius 1 is 1.23 bits per heavy atom. The molecular formula is C22H28N4O4. The van der Waals surface area contributed by atoms with E-state index in [1.54, 1.807) is 12.1 Å². The number of H-pyrrole nitrogens is 1. The van der Waals surface area contributed by atoms with Gasteiger partial charge in [0.15, 0.2) is 0 Å². The predicted octanol–water partition coefficient (Wildman–Crippen LogP) is 1.87. The second kappa shape index (κ2) is 8.57. The first kappa shape index (κ1) is 20.6. The molecule has 160 valence electrons. The average Bonchev–Trinajstić information content (AvgIpc) is 2.68. The molecule has 2 aromatic rings. The average molecular weight is 412 g/mol. The Balaban J connectivity index is 1.48. The van der Waals surface area contributed by atoms with Gasteiger partial charge in [0.25, 0.3) is 5.56 Å². The van der Waals surface area contributed by atoms with Gasteiger partial charge in [-0.1, -0.05) is 12.1 Å². The smallest absolute Gasteiger partial charge is 0.308 e. The van der Waals surface area contributed by atoms with Gasteiger partial charge < -0.3 is 14.4 Å². The molecule has 8 nitrogen and oxygen atoms in total. The highest BCUT2D eigenvalue weighted by atomic mass is 16.5. The molecule has 2 unspecified atom stereocenters. The van der Waals surface area contributed by atoms with Crippen molar-refractivity contribution in [2.45, 2.75) is 52.5 Å². The lowest BCUT2D eigenvalue weighted by molar-refractivity contribution is -0.131. The largest absolute Gasteiger partial charge is 0.427 e. The number of nitrogens with one attached hydrogen (secondary N) is 1. The van der Waals surface area contributed by atoms with Crippen LogP contribution in [0.25, 0.3) is 0 Å². The van der Waals surface area contributed by atoms with Crippen LogP contribution in [-0.4, -0.2) is 52.7 Å². The molecule has 0 spiro atoms. The van der Waals surface area contributed by atoms with Gasteiger partial charge in [0.2, 0.25) is 5.95 Å². The van der Waals surface area contributed by atoms with E-state index < -0.39 is 0 Å². The summed E-state index contributed by atoms with van der Waals surface area (Å²) in [5.41, 5.74) is 2.72. The first-order valence-electron chi connectivity index (χ1n) is 10.4. The van der Waals surface area contributed by atoms with Crippen molar-refractivity contribution in [3.05, 3.63) is 51.4 Å². The number of carbonyl (C=O) groups excluding carboxylic acids is 1. The minimum atomic E-state index is -0.327. The van der Waals surface area contributed by atoms with E-state index in [1.165, 1.54) is 6.92 Å². The van der Waals surface area contributed by atoms with Crippen LogP contribution in [0.15, 0.2) is 29.1 Å². The maximum atomic E-state index is 12.7. The summed E-state index contributed by atoms with van der Waals surface area (Å²) in [6.07, 6.45) is 0.877. The second-order valence-corrected chi connectivity index (χ2v) is 8.18. The van der Waals surface area contributed by atoms with Crippen LogP contribution >= 0.6 is 0 Å². The number of benzene rings is 1.